The van der Waals surface area contributed by atoms with E-state index in [1.807, 2.05) is 6.07 Å². The van der Waals surface area contributed by atoms with Gasteiger partial charge >= 0.3 is 5.97 Å². The molecule has 1 aliphatic heterocycles. The molecule has 2 heterocycles. The van der Waals surface area contributed by atoms with E-state index in [0.717, 1.165) is 0 Å². The van der Waals surface area contributed by atoms with Crippen molar-refractivity contribution in [2.75, 3.05) is 11.5 Å². The number of Topliss-reactive ketones (excluding diaryl/α,β-unsaturated/α-hetero) is 1. The van der Waals surface area contributed by atoms with E-state index in [9.17, 15) is 19.5 Å². The van der Waals surface area contributed by atoms with Crippen molar-refractivity contribution in [3.63, 3.8) is 0 Å². The summed E-state index contributed by atoms with van der Waals surface area (Å²) < 4.78 is 10.7. The van der Waals surface area contributed by atoms with Gasteiger partial charge in [0.05, 0.1) is 24.6 Å². The fraction of sp³-hybridized carbons (Fsp3) is 0.138. The van der Waals surface area contributed by atoms with E-state index in [0.29, 0.717) is 32.8 Å². The first-order chi connectivity index (χ1) is 17.9. The summed E-state index contributed by atoms with van der Waals surface area (Å²) in [4.78, 5) is 40.2. The average molecular weight is 516 g/mol. The first-order valence-corrected chi connectivity index (χ1v) is 12.0. The molecule has 0 saturated heterocycles. The summed E-state index contributed by atoms with van der Waals surface area (Å²) in [5.41, 5.74) is 2.18. The van der Waals surface area contributed by atoms with Gasteiger partial charge in [-0.25, -0.2) is 0 Å². The number of ketones is 1. The van der Waals surface area contributed by atoms with Crippen LogP contribution in [0.4, 0.5) is 5.69 Å². The molecule has 3 aromatic carbocycles. The van der Waals surface area contributed by atoms with Crippen LogP contribution < -0.4 is 4.90 Å². The number of carbonyl (C=O) groups is 3. The lowest BCUT2D eigenvalue weighted by Gasteiger charge is -2.27. The quantitative estimate of drug-likeness (QED) is 0.240. The smallest absolute Gasteiger partial charge is 0.310 e. The molecular weight excluding hydrogens is 494 g/mol. The Kier molecular flexibility index (Phi) is 6.54. The van der Waals surface area contributed by atoms with Crippen LogP contribution in [0, 0.1) is 0 Å². The number of fused-ring (bicyclic) bond motifs is 1. The van der Waals surface area contributed by atoms with Crippen LogP contribution >= 0.6 is 11.6 Å². The SMILES string of the molecule is CCOC(=O)Cc1ccc(N2C(=O)C(O)=C(C(=O)c3cc4cc(Cl)ccc4o3)C2c2ccccc2)cc1. The van der Waals surface area contributed by atoms with E-state index in [1.54, 1.807) is 79.7 Å². The number of hydrogen-bond donors (Lipinski definition) is 1. The topological polar surface area (TPSA) is 97.0 Å². The Morgan fingerprint density at radius 3 is 2.46 bits per heavy atom. The molecule has 7 nitrogen and oxygen atoms in total. The second-order valence-corrected chi connectivity index (χ2v) is 8.96. The van der Waals surface area contributed by atoms with Gasteiger partial charge in [-0.15, -0.1) is 0 Å². The molecule has 0 spiro atoms. The second kappa shape index (κ2) is 9.95. The number of esters is 1. The van der Waals surface area contributed by atoms with Gasteiger partial charge in [0, 0.05) is 16.1 Å². The highest BCUT2D eigenvalue weighted by Crippen LogP contribution is 2.42. The van der Waals surface area contributed by atoms with Crippen molar-refractivity contribution in [2.45, 2.75) is 19.4 Å². The van der Waals surface area contributed by atoms with Gasteiger partial charge in [-0.05, 0) is 54.4 Å². The van der Waals surface area contributed by atoms with Crippen molar-refractivity contribution in [3.05, 3.63) is 112 Å². The molecule has 1 aromatic heterocycles. The standard InChI is InChI=1S/C29H22ClNO6/c1-2-36-24(32)14-17-8-11-21(12-9-17)31-26(18-6-4-3-5-7-18)25(28(34)29(31)35)27(33)23-16-19-15-20(30)10-13-22(19)37-23/h3-13,15-16,26,34H,2,14H2,1H3. The Morgan fingerprint density at radius 2 is 1.76 bits per heavy atom. The summed E-state index contributed by atoms with van der Waals surface area (Å²) in [5, 5.41) is 12.1. The van der Waals surface area contributed by atoms with Crippen LogP contribution in [0.15, 0.2) is 94.6 Å². The number of furan rings is 1. The molecule has 1 atom stereocenters. The number of nitrogens with zero attached hydrogens (tertiary/aromatic N) is 1. The highest BCUT2D eigenvalue weighted by atomic mass is 35.5. The van der Waals surface area contributed by atoms with Crippen molar-refractivity contribution >= 4 is 45.9 Å². The van der Waals surface area contributed by atoms with E-state index in [-0.39, 0.29) is 30.3 Å². The summed E-state index contributed by atoms with van der Waals surface area (Å²) in [5.74, 6) is -2.33. The van der Waals surface area contributed by atoms with Crippen molar-refractivity contribution in [3.8, 4) is 0 Å². The number of rotatable bonds is 7. The third kappa shape index (κ3) is 4.61. The molecule has 1 N–H and O–H groups in total. The van der Waals surface area contributed by atoms with Gasteiger partial charge in [-0.1, -0.05) is 54.1 Å². The molecule has 0 radical (unpaired) electrons. The van der Waals surface area contributed by atoms with Crippen LogP contribution in [0.3, 0.4) is 0 Å². The molecule has 4 aromatic rings. The van der Waals surface area contributed by atoms with Crippen LogP contribution in [0.2, 0.25) is 5.02 Å². The highest BCUT2D eigenvalue weighted by Gasteiger charge is 2.45. The summed E-state index contributed by atoms with van der Waals surface area (Å²) in [7, 11) is 0. The van der Waals surface area contributed by atoms with E-state index in [1.165, 1.54) is 4.90 Å². The van der Waals surface area contributed by atoms with Gasteiger partial charge in [-0.3, -0.25) is 19.3 Å². The third-order valence-electron chi connectivity index (χ3n) is 6.14. The Hall–Kier alpha value is -4.36. The molecule has 1 aliphatic rings. The predicted octanol–water partition coefficient (Wildman–Crippen LogP) is 5.97. The molecule has 1 amide bonds. The monoisotopic (exact) mass is 515 g/mol. The lowest BCUT2D eigenvalue weighted by molar-refractivity contribution is -0.142. The summed E-state index contributed by atoms with van der Waals surface area (Å²) in [6.07, 6.45) is 0.0908. The van der Waals surface area contributed by atoms with Gasteiger partial charge in [0.2, 0.25) is 5.78 Å². The third-order valence-corrected chi connectivity index (χ3v) is 6.37. The molecule has 0 bridgehead atoms. The first kappa shape index (κ1) is 24.3. The van der Waals surface area contributed by atoms with Crippen molar-refractivity contribution < 1.29 is 28.6 Å². The number of aliphatic hydroxyl groups excluding tert-OH is 1. The largest absolute Gasteiger partial charge is 0.503 e. The number of aliphatic hydroxyl groups is 1. The van der Waals surface area contributed by atoms with Gasteiger partial charge in [0.1, 0.15) is 5.58 Å². The lowest BCUT2D eigenvalue weighted by Crippen LogP contribution is -2.31. The van der Waals surface area contributed by atoms with Gasteiger partial charge in [0.25, 0.3) is 5.91 Å². The maximum atomic E-state index is 13.7. The van der Waals surface area contributed by atoms with Gasteiger partial charge in [-0.2, -0.15) is 0 Å². The molecule has 186 valence electrons. The number of benzene rings is 3. The second-order valence-electron chi connectivity index (χ2n) is 8.52. The Labute approximate surface area is 217 Å². The summed E-state index contributed by atoms with van der Waals surface area (Å²) in [6.45, 7) is 2.03. The number of ether oxygens (including phenoxy) is 1. The van der Waals surface area contributed by atoms with Gasteiger partial charge < -0.3 is 14.3 Å². The fourth-order valence-electron chi connectivity index (χ4n) is 4.47. The van der Waals surface area contributed by atoms with Crippen LogP contribution in [-0.2, 0) is 20.7 Å². The number of carbonyl (C=O) groups excluding carboxylic acids is 3. The zero-order valence-electron chi connectivity index (χ0n) is 19.8. The zero-order chi connectivity index (χ0) is 26.1. The number of halogens is 1. The van der Waals surface area contributed by atoms with Crippen LogP contribution in [0.5, 0.6) is 0 Å². The maximum Gasteiger partial charge on any atom is 0.310 e. The van der Waals surface area contributed by atoms with Crippen molar-refractivity contribution in [1.82, 2.24) is 0 Å². The number of amides is 1. The minimum Gasteiger partial charge on any atom is -0.503 e. The van der Waals surface area contributed by atoms with Gasteiger partial charge in [0.15, 0.2) is 11.5 Å². The molecule has 0 aliphatic carbocycles. The minimum absolute atomic E-state index is 0.0146. The molecule has 8 heteroatoms. The highest BCUT2D eigenvalue weighted by molar-refractivity contribution is 6.31. The average Bonchev–Trinajstić information content (AvgIpc) is 3.43. The van der Waals surface area contributed by atoms with Crippen LogP contribution in [-0.4, -0.2) is 29.4 Å². The Morgan fingerprint density at radius 1 is 1.03 bits per heavy atom. The molecule has 0 saturated carbocycles. The minimum atomic E-state index is -0.895. The predicted molar refractivity (Wildman–Crippen MR) is 139 cm³/mol. The van der Waals surface area contributed by atoms with Crippen LogP contribution in [0.1, 0.15) is 34.6 Å². The van der Waals surface area contributed by atoms with E-state index >= 15 is 0 Å². The molecule has 1 unspecified atom stereocenters. The van der Waals surface area contributed by atoms with E-state index in [4.69, 9.17) is 20.8 Å². The first-order valence-electron chi connectivity index (χ1n) is 11.7. The van der Waals surface area contributed by atoms with E-state index in [2.05, 4.69) is 0 Å². The van der Waals surface area contributed by atoms with Crippen LogP contribution in [0.25, 0.3) is 11.0 Å². The Bertz CT molecular complexity index is 1540. The maximum absolute atomic E-state index is 13.7. The molecule has 37 heavy (non-hydrogen) atoms. The number of hydrogen-bond acceptors (Lipinski definition) is 6. The number of anilines is 1. The normalized spacial score (nSPS) is 15.5. The lowest BCUT2D eigenvalue weighted by atomic mass is 9.94. The fourth-order valence-corrected chi connectivity index (χ4v) is 4.65. The summed E-state index contributed by atoms with van der Waals surface area (Å²) >= 11 is 6.07. The Balaban J connectivity index is 1.54. The van der Waals surface area contributed by atoms with Crippen molar-refractivity contribution in [1.29, 1.82) is 0 Å². The molecule has 0 fully saturated rings. The summed E-state index contributed by atoms with van der Waals surface area (Å²) in [6, 6.07) is 21.4. The van der Waals surface area contributed by atoms with E-state index < -0.39 is 23.5 Å². The van der Waals surface area contributed by atoms with Crippen molar-refractivity contribution in [2.24, 2.45) is 0 Å². The zero-order valence-corrected chi connectivity index (χ0v) is 20.6. The molecule has 5 rings (SSSR count). The molecular formula is C29H22ClNO6.